The zero-order valence-corrected chi connectivity index (χ0v) is 25.4. The van der Waals surface area contributed by atoms with Crippen LogP contribution < -0.4 is 15.0 Å². The molecule has 1 aliphatic carbocycles. The molecular weight excluding hydrogens is 605 g/mol. The molecule has 1 aromatic heterocycles. The number of carbonyl (C=O) groups excluding carboxylic acids is 2. The highest BCUT2D eigenvalue weighted by Gasteiger charge is 2.33. The second kappa shape index (κ2) is 12.0. The predicted molar refractivity (Wildman–Crippen MR) is 166 cm³/mol. The number of rotatable bonds is 6. The molecule has 1 aliphatic heterocycles. The number of carbonyl (C=O) groups is 2. The molecule has 232 valence electrons. The van der Waals surface area contributed by atoms with E-state index in [1.54, 1.807) is 4.90 Å². The monoisotopic (exact) mass is 634 g/mol. The molecule has 1 fully saturated rings. The molecule has 1 N–H and O–H groups in total. The Morgan fingerprint density at radius 1 is 1.07 bits per heavy atom. The van der Waals surface area contributed by atoms with Crippen LogP contribution in [0.1, 0.15) is 42.0 Å². The molecule has 45 heavy (non-hydrogen) atoms. The molecule has 1 saturated heterocycles. The molecule has 0 spiro atoms. The number of amides is 3. The minimum atomic E-state index is -4.76. The summed E-state index contributed by atoms with van der Waals surface area (Å²) >= 11 is 1.25. The van der Waals surface area contributed by atoms with Crippen LogP contribution in [0.15, 0.2) is 72.0 Å². The summed E-state index contributed by atoms with van der Waals surface area (Å²) in [6.45, 7) is 6.14. The maximum Gasteiger partial charge on any atom is 0.573 e. The zero-order chi connectivity index (χ0) is 31.9. The number of ether oxygens (including phenoxy) is 1. The number of hydrogen-bond donors (Lipinski definition) is 1. The van der Waals surface area contributed by atoms with Crippen LogP contribution >= 0.6 is 11.8 Å². The van der Waals surface area contributed by atoms with Gasteiger partial charge in [-0.1, -0.05) is 55.4 Å². The first-order valence-corrected chi connectivity index (χ1v) is 15.3. The molecule has 13 heteroatoms. The number of hydrogen-bond acceptors (Lipinski definition) is 6. The van der Waals surface area contributed by atoms with Gasteiger partial charge in [0.1, 0.15) is 12.1 Å². The van der Waals surface area contributed by atoms with E-state index in [1.807, 2.05) is 37.3 Å². The molecule has 6 rings (SSSR count). The number of nitrogens with zero attached hydrogens (tertiary/aromatic N) is 5. The number of amidine groups is 1. The third-order valence-corrected chi connectivity index (χ3v) is 8.48. The lowest BCUT2D eigenvalue weighted by atomic mass is 9.98. The van der Waals surface area contributed by atoms with Crippen LogP contribution in [-0.4, -0.2) is 50.0 Å². The zero-order valence-electron chi connectivity index (χ0n) is 24.6. The number of alkyl halides is 3. The third kappa shape index (κ3) is 6.72. The van der Waals surface area contributed by atoms with E-state index in [1.165, 1.54) is 47.0 Å². The van der Waals surface area contributed by atoms with Crippen molar-refractivity contribution in [2.75, 3.05) is 10.7 Å². The van der Waals surface area contributed by atoms with Crippen molar-refractivity contribution in [3.8, 4) is 22.8 Å². The summed E-state index contributed by atoms with van der Waals surface area (Å²) in [4.78, 5) is 36.1. The van der Waals surface area contributed by atoms with E-state index in [0.29, 0.717) is 29.5 Å². The number of nitrogens with one attached hydrogen (secondary N) is 1. The summed E-state index contributed by atoms with van der Waals surface area (Å²) < 4.78 is 42.8. The lowest BCUT2D eigenvalue weighted by Gasteiger charge is -2.22. The van der Waals surface area contributed by atoms with Crippen molar-refractivity contribution in [1.82, 2.24) is 20.1 Å². The second-order valence-electron chi connectivity index (χ2n) is 11.2. The lowest BCUT2D eigenvalue weighted by molar-refractivity contribution is -0.274. The van der Waals surface area contributed by atoms with Crippen molar-refractivity contribution in [3.63, 3.8) is 0 Å². The summed E-state index contributed by atoms with van der Waals surface area (Å²) in [6, 6.07) is 16.5. The summed E-state index contributed by atoms with van der Waals surface area (Å²) in [5.74, 6) is 0.426. The normalized spacial score (nSPS) is 17.3. The van der Waals surface area contributed by atoms with Gasteiger partial charge in [0.05, 0.1) is 17.1 Å². The van der Waals surface area contributed by atoms with Crippen LogP contribution in [0, 0.1) is 6.92 Å². The van der Waals surface area contributed by atoms with Crippen molar-refractivity contribution in [3.05, 3.63) is 89.2 Å². The van der Waals surface area contributed by atoms with Gasteiger partial charge >= 0.3 is 12.4 Å². The van der Waals surface area contributed by atoms with Gasteiger partial charge in [0, 0.05) is 11.6 Å². The Morgan fingerprint density at radius 2 is 1.82 bits per heavy atom. The molecule has 1 unspecified atom stereocenters. The Hall–Kier alpha value is -4.65. The van der Waals surface area contributed by atoms with Crippen molar-refractivity contribution < 1.29 is 27.5 Å². The average molecular weight is 635 g/mol. The van der Waals surface area contributed by atoms with Crippen molar-refractivity contribution in [2.24, 2.45) is 4.99 Å². The number of urea groups is 1. The average Bonchev–Trinajstić information content (AvgIpc) is 3.71. The molecule has 2 aliphatic rings. The summed E-state index contributed by atoms with van der Waals surface area (Å²) in [7, 11) is 0. The van der Waals surface area contributed by atoms with Crippen LogP contribution in [-0.2, 0) is 17.6 Å². The topological polar surface area (TPSA) is 102 Å². The van der Waals surface area contributed by atoms with E-state index in [2.05, 4.69) is 45.0 Å². The number of anilines is 1. The SMILES string of the molecule is Cc1ccc(N2C(=O)CS/C2=N\C(=O)NC2Cc3ccc(-c4ncn(-c5ccc(OC(F)(F)F)cc5)n4)cc3C2)c(C(C)C)c1. The maximum atomic E-state index is 13.0. The summed E-state index contributed by atoms with van der Waals surface area (Å²) in [5, 5.41) is 7.85. The summed E-state index contributed by atoms with van der Waals surface area (Å²) in [5.41, 5.74) is 6.30. The first-order chi connectivity index (χ1) is 21.4. The van der Waals surface area contributed by atoms with E-state index in [-0.39, 0.29) is 29.4 Å². The minimum absolute atomic E-state index is 0.110. The molecule has 3 amide bonds. The van der Waals surface area contributed by atoms with Crippen molar-refractivity contribution in [2.45, 2.75) is 51.9 Å². The molecule has 4 aromatic rings. The lowest BCUT2D eigenvalue weighted by Crippen LogP contribution is -2.36. The molecule has 0 radical (unpaired) electrons. The van der Waals surface area contributed by atoms with E-state index in [9.17, 15) is 22.8 Å². The quantitative estimate of drug-likeness (QED) is 0.257. The molecule has 9 nitrogen and oxygen atoms in total. The van der Waals surface area contributed by atoms with Gasteiger partial charge in [-0.2, -0.15) is 4.99 Å². The molecule has 1 atom stereocenters. The fraction of sp³-hybridized carbons (Fsp3) is 0.281. The second-order valence-corrected chi connectivity index (χ2v) is 12.2. The van der Waals surface area contributed by atoms with Crippen LogP contribution in [0.2, 0.25) is 0 Å². The maximum absolute atomic E-state index is 13.0. The highest BCUT2D eigenvalue weighted by Crippen LogP contribution is 2.34. The number of aromatic nitrogens is 3. The molecule has 0 saturated carbocycles. The number of aliphatic imine (C=N–C) groups is 1. The number of thioether (sulfide) groups is 1. The Bertz CT molecular complexity index is 1800. The fourth-order valence-corrected chi connectivity index (χ4v) is 6.35. The molecule has 2 heterocycles. The predicted octanol–water partition coefficient (Wildman–Crippen LogP) is 6.58. The van der Waals surface area contributed by atoms with E-state index < -0.39 is 12.4 Å². The van der Waals surface area contributed by atoms with Gasteiger partial charge in [-0.05, 0) is 78.8 Å². The highest BCUT2D eigenvalue weighted by atomic mass is 32.2. The Kier molecular flexibility index (Phi) is 8.12. The van der Waals surface area contributed by atoms with E-state index >= 15 is 0 Å². The molecule has 0 bridgehead atoms. The number of benzene rings is 3. The van der Waals surface area contributed by atoms with E-state index in [0.717, 1.165) is 33.5 Å². The molecular formula is C32H29F3N6O3S. The first kappa shape index (κ1) is 30.4. The Morgan fingerprint density at radius 3 is 2.56 bits per heavy atom. The largest absolute Gasteiger partial charge is 0.573 e. The van der Waals surface area contributed by atoms with Gasteiger partial charge in [-0.15, -0.1) is 18.3 Å². The standard InChI is InChI=1S/C32H29F3N6O3S/c1-18(2)26-12-19(3)4-11-27(26)41-28(42)16-45-31(41)38-30(43)37-23-14-20-5-6-21(13-22(20)15-23)29-36-17-40(39-29)24-7-9-25(10-8-24)44-32(33,34)35/h4-13,17-18,23H,14-16H2,1-3H3,(H,37,43)/b38-31-. The van der Waals surface area contributed by atoms with Gasteiger partial charge in [0.15, 0.2) is 11.0 Å². The van der Waals surface area contributed by atoms with Gasteiger partial charge < -0.3 is 10.1 Å². The molecule has 3 aromatic carbocycles. The summed E-state index contributed by atoms with van der Waals surface area (Å²) in [6.07, 6.45) is -2.06. The van der Waals surface area contributed by atoms with Crippen LogP contribution in [0.25, 0.3) is 17.1 Å². The van der Waals surface area contributed by atoms with Gasteiger partial charge in [-0.25, -0.2) is 14.5 Å². The smallest absolute Gasteiger partial charge is 0.406 e. The first-order valence-electron chi connectivity index (χ1n) is 14.3. The fourth-order valence-electron chi connectivity index (χ4n) is 5.50. The van der Waals surface area contributed by atoms with Crippen molar-refractivity contribution in [1.29, 1.82) is 0 Å². The van der Waals surface area contributed by atoms with Crippen LogP contribution in [0.4, 0.5) is 23.7 Å². The Balaban J connectivity index is 1.12. The van der Waals surface area contributed by atoms with Crippen LogP contribution in [0.5, 0.6) is 5.75 Å². The highest BCUT2D eigenvalue weighted by molar-refractivity contribution is 8.15. The third-order valence-electron chi connectivity index (χ3n) is 7.56. The van der Waals surface area contributed by atoms with Gasteiger partial charge in [0.2, 0.25) is 5.91 Å². The Labute approximate surface area is 261 Å². The minimum Gasteiger partial charge on any atom is -0.406 e. The van der Waals surface area contributed by atoms with Gasteiger partial charge in [-0.3, -0.25) is 9.69 Å². The van der Waals surface area contributed by atoms with Crippen molar-refractivity contribution >= 4 is 34.6 Å². The number of halogens is 3. The van der Waals surface area contributed by atoms with Gasteiger partial charge in [0.25, 0.3) is 0 Å². The number of aryl methyl sites for hydroxylation is 1. The number of fused-ring (bicyclic) bond motifs is 1. The van der Waals surface area contributed by atoms with E-state index in [4.69, 9.17) is 0 Å². The van der Waals surface area contributed by atoms with Crippen LogP contribution in [0.3, 0.4) is 0 Å².